The van der Waals surface area contributed by atoms with Gasteiger partial charge >= 0.3 is 0 Å². The monoisotopic (exact) mass is 331 g/mol. The van der Waals surface area contributed by atoms with E-state index < -0.39 is 0 Å². The van der Waals surface area contributed by atoms with Crippen LogP contribution in [0.2, 0.25) is 0 Å². The highest BCUT2D eigenvalue weighted by Crippen LogP contribution is 2.09. The van der Waals surface area contributed by atoms with Crippen LogP contribution in [0, 0.1) is 6.92 Å². The zero-order valence-corrected chi connectivity index (χ0v) is 14.1. The van der Waals surface area contributed by atoms with Crippen molar-refractivity contribution >= 4 is 17.2 Å². The van der Waals surface area contributed by atoms with Crippen molar-refractivity contribution in [2.24, 2.45) is 11.5 Å². The predicted octanol–water partition coefficient (Wildman–Crippen LogP) is 1.23. The number of pyridine rings is 2. The molecule has 126 valence electrons. The molecule has 0 radical (unpaired) electrons. The van der Waals surface area contributed by atoms with Gasteiger partial charge in [-0.3, -0.25) is 9.97 Å². The van der Waals surface area contributed by atoms with Crippen LogP contribution in [0.3, 0.4) is 0 Å². The molecule has 0 atom stereocenters. The lowest BCUT2D eigenvalue weighted by Crippen LogP contribution is -2.38. The van der Waals surface area contributed by atoms with Crippen molar-refractivity contribution in [1.29, 1.82) is 0 Å². The van der Waals surface area contributed by atoms with Crippen LogP contribution >= 0.6 is 0 Å². The second-order valence-corrected chi connectivity index (χ2v) is 5.86. The van der Waals surface area contributed by atoms with Crippen LogP contribution < -0.4 is 27.4 Å². The Bertz CT molecular complexity index is 963. The molecular weight excluding hydrogens is 310 g/mol. The number of hydrogen-bond acceptors (Lipinski definition) is 5. The summed E-state index contributed by atoms with van der Waals surface area (Å²) in [5, 5.41) is 4.68. The number of rotatable bonds is 4. The molecule has 2 heterocycles. The van der Waals surface area contributed by atoms with E-state index in [-0.39, 0.29) is 0 Å². The maximum absolute atomic E-state index is 6.34. The first-order chi connectivity index (χ1) is 12.1. The molecule has 25 heavy (non-hydrogen) atoms. The van der Waals surface area contributed by atoms with Crippen LogP contribution in [0.1, 0.15) is 11.1 Å². The average molecular weight is 331 g/mol. The summed E-state index contributed by atoms with van der Waals surface area (Å²) < 4.78 is 0. The molecule has 0 amide bonds. The number of aromatic nitrogens is 2. The molecule has 5 N–H and O–H groups in total. The Kier molecular flexibility index (Phi) is 4.95. The van der Waals surface area contributed by atoms with Gasteiger partial charge in [0.25, 0.3) is 0 Å². The van der Waals surface area contributed by atoms with E-state index in [4.69, 9.17) is 11.5 Å². The molecule has 0 bridgehead atoms. The third-order valence-electron chi connectivity index (χ3n) is 3.88. The standard InChI is InChI=1S/C20H21N5/c1-14-4-6-16(7-5-14)25-20(22)19-17(3-2-10-24-19)18(21)13-15-8-11-23-12-9-15/h2-12,25H,13,21-22H2,1H3/b18-17-,20-19-. The molecule has 1 aromatic carbocycles. The predicted molar refractivity (Wildman–Crippen MR) is 101 cm³/mol. The van der Waals surface area contributed by atoms with E-state index >= 15 is 0 Å². The molecule has 0 saturated heterocycles. The zero-order chi connectivity index (χ0) is 17.6. The first-order valence-corrected chi connectivity index (χ1v) is 8.05. The summed E-state index contributed by atoms with van der Waals surface area (Å²) in [5.41, 5.74) is 16.5. The third-order valence-corrected chi connectivity index (χ3v) is 3.88. The van der Waals surface area contributed by atoms with Gasteiger partial charge in [-0.05, 0) is 48.9 Å². The van der Waals surface area contributed by atoms with Crippen molar-refractivity contribution in [2.45, 2.75) is 13.3 Å². The van der Waals surface area contributed by atoms with E-state index in [1.807, 2.05) is 55.5 Å². The van der Waals surface area contributed by atoms with Gasteiger partial charge in [0.05, 0.1) is 0 Å². The molecule has 0 aliphatic heterocycles. The van der Waals surface area contributed by atoms with E-state index in [9.17, 15) is 0 Å². The topological polar surface area (TPSA) is 89.8 Å². The minimum atomic E-state index is 0.470. The van der Waals surface area contributed by atoms with Crippen molar-refractivity contribution in [2.75, 3.05) is 5.32 Å². The molecular formula is C20H21N5. The van der Waals surface area contributed by atoms with Gasteiger partial charge in [-0.2, -0.15) is 0 Å². The van der Waals surface area contributed by atoms with E-state index in [1.54, 1.807) is 18.6 Å². The molecule has 5 heteroatoms. The maximum Gasteiger partial charge on any atom is 0.128 e. The molecule has 0 saturated carbocycles. The molecule has 3 rings (SSSR count). The van der Waals surface area contributed by atoms with E-state index in [1.165, 1.54) is 5.56 Å². The van der Waals surface area contributed by atoms with E-state index in [0.717, 1.165) is 16.5 Å². The first-order valence-electron chi connectivity index (χ1n) is 8.05. The van der Waals surface area contributed by atoms with E-state index in [2.05, 4.69) is 15.3 Å². The average Bonchev–Trinajstić information content (AvgIpc) is 2.64. The summed E-state index contributed by atoms with van der Waals surface area (Å²) in [6.07, 6.45) is 5.83. The van der Waals surface area contributed by atoms with Crippen molar-refractivity contribution in [3.8, 4) is 0 Å². The van der Waals surface area contributed by atoms with Crippen molar-refractivity contribution in [3.05, 3.63) is 88.8 Å². The van der Waals surface area contributed by atoms with Gasteiger partial charge in [0.2, 0.25) is 0 Å². The number of anilines is 1. The fraction of sp³-hybridized carbons (Fsp3) is 0.100. The molecule has 0 aliphatic carbocycles. The second-order valence-electron chi connectivity index (χ2n) is 5.86. The molecule has 5 nitrogen and oxygen atoms in total. The van der Waals surface area contributed by atoms with Gasteiger partial charge in [-0.15, -0.1) is 0 Å². The summed E-state index contributed by atoms with van der Waals surface area (Å²) in [5.74, 6) is 0.470. The van der Waals surface area contributed by atoms with Crippen LogP contribution in [0.5, 0.6) is 0 Å². The summed E-state index contributed by atoms with van der Waals surface area (Å²) in [4.78, 5) is 8.44. The van der Waals surface area contributed by atoms with Gasteiger partial charge in [0.1, 0.15) is 11.2 Å². The lowest BCUT2D eigenvalue weighted by Gasteiger charge is -2.08. The quantitative estimate of drug-likeness (QED) is 0.669. The smallest absolute Gasteiger partial charge is 0.128 e. The molecule has 0 aliphatic rings. The normalized spacial score (nSPS) is 13.2. The SMILES string of the molecule is Cc1ccc(N/C(N)=c2\nccc\c2=C(\N)Cc2ccncc2)cc1. The van der Waals surface area contributed by atoms with Crippen molar-refractivity contribution < 1.29 is 0 Å². The Morgan fingerprint density at radius 3 is 2.40 bits per heavy atom. The molecule has 2 aromatic heterocycles. The van der Waals surface area contributed by atoms with Gasteiger partial charge < -0.3 is 16.8 Å². The van der Waals surface area contributed by atoms with Crippen LogP contribution in [-0.4, -0.2) is 9.97 Å². The fourth-order valence-electron chi connectivity index (χ4n) is 2.55. The Morgan fingerprint density at radius 1 is 0.960 bits per heavy atom. The minimum Gasteiger partial charge on any atom is -0.401 e. The molecule has 0 spiro atoms. The maximum atomic E-state index is 6.34. The Hall–Kier alpha value is -3.34. The zero-order valence-electron chi connectivity index (χ0n) is 14.1. The van der Waals surface area contributed by atoms with Crippen molar-refractivity contribution in [1.82, 2.24) is 9.97 Å². The Morgan fingerprint density at radius 2 is 1.68 bits per heavy atom. The number of nitrogens with zero attached hydrogens (tertiary/aromatic N) is 2. The molecule has 0 fully saturated rings. The summed E-state index contributed by atoms with van der Waals surface area (Å²) >= 11 is 0. The highest BCUT2D eigenvalue weighted by atomic mass is 15.0. The molecule has 0 unspecified atom stereocenters. The van der Waals surface area contributed by atoms with Gasteiger partial charge in [0.15, 0.2) is 0 Å². The number of nitrogens with one attached hydrogen (secondary N) is 1. The highest BCUT2D eigenvalue weighted by Gasteiger charge is 2.02. The van der Waals surface area contributed by atoms with Crippen LogP contribution in [-0.2, 0) is 6.42 Å². The minimum absolute atomic E-state index is 0.470. The van der Waals surface area contributed by atoms with E-state index in [0.29, 0.717) is 23.3 Å². The number of aryl methyl sites for hydroxylation is 1. The third kappa shape index (κ3) is 4.14. The summed E-state index contributed by atoms with van der Waals surface area (Å²) in [7, 11) is 0. The van der Waals surface area contributed by atoms with Crippen LogP contribution in [0.25, 0.3) is 11.5 Å². The first kappa shape index (κ1) is 16.5. The van der Waals surface area contributed by atoms with Crippen LogP contribution in [0.4, 0.5) is 5.69 Å². The Labute approximate surface area is 146 Å². The lowest BCUT2D eigenvalue weighted by atomic mass is 10.1. The van der Waals surface area contributed by atoms with Crippen molar-refractivity contribution in [3.63, 3.8) is 0 Å². The summed E-state index contributed by atoms with van der Waals surface area (Å²) in [6.45, 7) is 2.04. The molecule has 3 aromatic rings. The van der Waals surface area contributed by atoms with Gasteiger partial charge in [-0.1, -0.05) is 17.7 Å². The lowest BCUT2D eigenvalue weighted by molar-refractivity contribution is 1.14. The van der Waals surface area contributed by atoms with Gasteiger partial charge in [-0.25, -0.2) is 0 Å². The van der Waals surface area contributed by atoms with Crippen LogP contribution in [0.15, 0.2) is 67.1 Å². The number of hydrogen-bond donors (Lipinski definition) is 3. The number of nitrogens with two attached hydrogens (primary N) is 2. The number of benzene rings is 1. The Balaban J connectivity index is 2.02. The fourth-order valence-corrected chi connectivity index (χ4v) is 2.55. The summed E-state index contributed by atoms with van der Waals surface area (Å²) in [6, 6.07) is 15.7. The second kappa shape index (κ2) is 7.49. The largest absolute Gasteiger partial charge is 0.401 e. The van der Waals surface area contributed by atoms with Gasteiger partial charge in [0, 0.05) is 41.6 Å². The highest BCUT2D eigenvalue weighted by molar-refractivity contribution is 5.62.